The molecule has 0 aliphatic heterocycles. The highest BCUT2D eigenvalue weighted by Gasteiger charge is 2.05. The Morgan fingerprint density at radius 2 is 1.94 bits per heavy atom. The van der Waals surface area contributed by atoms with Gasteiger partial charge in [-0.3, -0.25) is 0 Å². The first-order chi connectivity index (χ1) is 8.08. The van der Waals surface area contributed by atoms with Crippen LogP contribution in [0.2, 0.25) is 5.02 Å². The molecule has 0 aromatic heterocycles. The van der Waals surface area contributed by atoms with E-state index in [4.69, 9.17) is 17.3 Å². The summed E-state index contributed by atoms with van der Waals surface area (Å²) in [6.07, 6.45) is 0. The monoisotopic (exact) mass is 358 g/mol. The van der Waals surface area contributed by atoms with Gasteiger partial charge in [0.15, 0.2) is 0 Å². The van der Waals surface area contributed by atoms with Crippen molar-refractivity contribution in [1.29, 1.82) is 0 Å². The second kappa shape index (κ2) is 5.14. The summed E-state index contributed by atoms with van der Waals surface area (Å²) in [4.78, 5) is 0. The van der Waals surface area contributed by atoms with Gasteiger partial charge in [-0.1, -0.05) is 23.7 Å². The first-order valence-corrected chi connectivity index (χ1v) is 6.61. The molecule has 2 aromatic rings. The molecule has 88 valence electrons. The number of anilines is 3. The van der Waals surface area contributed by atoms with E-state index in [0.717, 1.165) is 26.2 Å². The number of benzene rings is 2. The minimum Gasteiger partial charge on any atom is -0.397 e. The molecule has 4 heteroatoms. The molecular weight excluding hydrogens is 347 g/mol. The zero-order valence-corrected chi connectivity index (χ0v) is 12.2. The van der Waals surface area contributed by atoms with E-state index in [9.17, 15) is 0 Å². The van der Waals surface area contributed by atoms with E-state index in [0.29, 0.717) is 5.02 Å². The Balaban J connectivity index is 2.35. The van der Waals surface area contributed by atoms with Crippen LogP contribution in [0.1, 0.15) is 5.56 Å². The van der Waals surface area contributed by atoms with Crippen LogP contribution in [-0.4, -0.2) is 0 Å². The van der Waals surface area contributed by atoms with E-state index in [-0.39, 0.29) is 0 Å². The van der Waals surface area contributed by atoms with Crippen molar-refractivity contribution in [3.05, 3.63) is 50.6 Å². The smallest absolute Gasteiger partial charge is 0.0651 e. The lowest BCUT2D eigenvalue weighted by atomic mass is 10.1. The topological polar surface area (TPSA) is 38.0 Å². The molecule has 0 amide bonds. The van der Waals surface area contributed by atoms with Crippen LogP contribution in [0, 0.1) is 10.5 Å². The minimum absolute atomic E-state index is 0.692. The van der Waals surface area contributed by atoms with Gasteiger partial charge in [-0.25, -0.2) is 0 Å². The van der Waals surface area contributed by atoms with E-state index < -0.39 is 0 Å². The van der Waals surface area contributed by atoms with Gasteiger partial charge < -0.3 is 11.1 Å². The maximum Gasteiger partial charge on any atom is 0.0651 e. The largest absolute Gasteiger partial charge is 0.397 e. The molecule has 0 saturated carbocycles. The highest BCUT2D eigenvalue weighted by molar-refractivity contribution is 14.1. The molecule has 0 aliphatic rings. The van der Waals surface area contributed by atoms with Gasteiger partial charge in [-0.2, -0.15) is 0 Å². The predicted molar refractivity (Wildman–Crippen MR) is 83.0 cm³/mol. The molecule has 17 heavy (non-hydrogen) atoms. The Morgan fingerprint density at radius 3 is 2.65 bits per heavy atom. The quantitative estimate of drug-likeness (QED) is 0.609. The summed E-state index contributed by atoms with van der Waals surface area (Å²) in [5.74, 6) is 0. The van der Waals surface area contributed by atoms with Crippen LogP contribution in [0.25, 0.3) is 0 Å². The number of nitrogens with two attached hydrogens (primary N) is 1. The minimum atomic E-state index is 0.692. The lowest BCUT2D eigenvalue weighted by molar-refractivity contribution is 1.45. The highest BCUT2D eigenvalue weighted by Crippen LogP contribution is 2.30. The average molecular weight is 359 g/mol. The average Bonchev–Trinajstić information content (AvgIpc) is 2.28. The van der Waals surface area contributed by atoms with Crippen molar-refractivity contribution < 1.29 is 0 Å². The molecule has 2 rings (SSSR count). The standard InChI is InChI=1S/C13H12ClIN2/c1-8-3-2-4-12(13(8)16)17-11-6-5-9(15)7-10(11)14/h2-7,17H,16H2,1H3. The number of halogens is 2. The van der Waals surface area contributed by atoms with Gasteiger partial charge in [0.25, 0.3) is 0 Å². The fourth-order valence-corrected chi connectivity index (χ4v) is 2.43. The summed E-state index contributed by atoms with van der Waals surface area (Å²) >= 11 is 8.39. The summed E-state index contributed by atoms with van der Waals surface area (Å²) in [5, 5.41) is 3.94. The molecule has 2 aromatic carbocycles. The molecule has 2 nitrogen and oxygen atoms in total. The van der Waals surface area contributed by atoms with Gasteiger partial charge in [-0.05, 0) is 59.3 Å². The number of aryl methyl sites for hydroxylation is 1. The molecule has 3 N–H and O–H groups in total. The Kier molecular flexibility index (Phi) is 3.79. The molecule has 0 spiro atoms. The van der Waals surface area contributed by atoms with E-state index in [1.807, 2.05) is 43.3 Å². The normalized spacial score (nSPS) is 10.3. The number of nitrogens with one attached hydrogen (secondary N) is 1. The molecular formula is C13H12ClIN2. The Bertz CT molecular complexity index is 555. The van der Waals surface area contributed by atoms with Gasteiger partial charge in [0.2, 0.25) is 0 Å². The molecule has 0 atom stereocenters. The number of nitrogen functional groups attached to an aromatic ring is 1. The third kappa shape index (κ3) is 2.84. The fourth-order valence-electron chi connectivity index (χ4n) is 1.53. The summed E-state index contributed by atoms with van der Waals surface area (Å²) in [5.41, 5.74) is 9.56. The Hall–Kier alpha value is -0.940. The second-order valence-electron chi connectivity index (χ2n) is 3.79. The van der Waals surface area contributed by atoms with E-state index in [1.165, 1.54) is 0 Å². The fraction of sp³-hybridized carbons (Fsp3) is 0.0769. The second-order valence-corrected chi connectivity index (χ2v) is 5.44. The molecule has 0 bridgehead atoms. The van der Waals surface area contributed by atoms with Crippen molar-refractivity contribution in [3.63, 3.8) is 0 Å². The molecule has 0 heterocycles. The van der Waals surface area contributed by atoms with Crippen molar-refractivity contribution in [3.8, 4) is 0 Å². The van der Waals surface area contributed by atoms with Crippen LogP contribution in [0.4, 0.5) is 17.1 Å². The number of rotatable bonds is 2. The maximum atomic E-state index is 6.16. The van der Waals surface area contributed by atoms with Gasteiger partial charge >= 0.3 is 0 Å². The van der Waals surface area contributed by atoms with Crippen molar-refractivity contribution >= 4 is 51.3 Å². The zero-order chi connectivity index (χ0) is 12.4. The van der Waals surface area contributed by atoms with Gasteiger partial charge in [0.05, 0.1) is 22.1 Å². The van der Waals surface area contributed by atoms with Gasteiger partial charge in [0, 0.05) is 3.57 Å². The summed E-state index contributed by atoms with van der Waals surface area (Å²) < 4.78 is 1.11. The van der Waals surface area contributed by atoms with Crippen LogP contribution in [0.15, 0.2) is 36.4 Å². The third-order valence-corrected chi connectivity index (χ3v) is 3.51. The lowest BCUT2D eigenvalue weighted by Gasteiger charge is -2.12. The van der Waals surface area contributed by atoms with E-state index >= 15 is 0 Å². The summed E-state index contributed by atoms with van der Waals surface area (Å²) in [6, 6.07) is 11.8. The van der Waals surface area contributed by atoms with Gasteiger partial charge in [0.1, 0.15) is 0 Å². The number of hydrogen-bond acceptors (Lipinski definition) is 2. The van der Waals surface area contributed by atoms with Crippen LogP contribution in [-0.2, 0) is 0 Å². The molecule has 0 fully saturated rings. The zero-order valence-electron chi connectivity index (χ0n) is 9.30. The summed E-state index contributed by atoms with van der Waals surface area (Å²) in [6.45, 7) is 1.98. The highest BCUT2D eigenvalue weighted by atomic mass is 127. The Labute approximate surface area is 119 Å². The first-order valence-electron chi connectivity index (χ1n) is 5.15. The first kappa shape index (κ1) is 12.5. The lowest BCUT2D eigenvalue weighted by Crippen LogP contribution is -1.98. The Morgan fingerprint density at radius 1 is 1.18 bits per heavy atom. The molecule has 0 radical (unpaired) electrons. The third-order valence-electron chi connectivity index (χ3n) is 2.52. The summed E-state index contributed by atoms with van der Waals surface area (Å²) in [7, 11) is 0. The molecule has 0 unspecified atom stereocenters. The van der Waals surface area contributed by atoms with Crippen LogP contribution < -0.4 is 11.1 Å². The van der Waals surface area contributed by atoms with Crippen molar-refractivity contribution in [2.45, 2.75) is 6.92 Å². The van der Waals surface area contributed by atoms with Crippen molar-refractivity contribution in [2.24, 2.45) is 0 Å². The molecule has 0 saturated heterocycles. The van der Waals surface area contributed by atoms with Crippen molar-refractivity contribution in [2.75, 3.05) is 11.1 Å². The van der Waals surface area contributed by atoms with Crippen LogP contribution in [0.5, 0.6) is 0 Å². The molecule has 0 aliphatic carbocycles. The van der Waals surface area contributed by atoms with Crippen molar-refractivity contribution in [1.82, 2.24) is 0 Å². The number of para-hydroxylation sites is 1. The predicted octanol–water partition coefficient (Wildman–Crippen LogP) is 4.58. The van der Waals surface area contributed by atoms with Crippen LogP contribution >= 0.6 is 34.2 Å². The SMILES string of the molecule is Cc1cccc(Nc2ccc(I)cc2Cl)c1N. The van der Waals surface area contributed by atoms with E-state index in [1.54, 1.807) is 0 Å². The van der Waals surface area contributed by atoms with Crippen LogP contribution in [0.3, 0.4) is 0 Å². The maximum absolute atomic E-state index is 6.16. The van der Waals surface area contributed by atoms with Gasteiger partial charge in [-0.15, -0.1) is 0 Å². The van der Waals surface area contributed by atoms with E-state index in [2.05, 4.69) is 27.9 Å². The number of hydrogen-bond donors (Lipinski definition) is 2.